The number of aryl methyl sites for hydroxylation is 2. The van der Waals surface area contributed by atoms with Gasteiger partial charge in [-0.05, 0) is 42.8 Å². The van der Waals surface area contributed by atoms with Crippen LogP contribution in [0.1, 0.15) is 16.7 Å². The molecule has 0 atom stereocenters. The Kier molecular flexibility index (Phi) is 6.59. The maximum Gasteiger partial charge on any atom is 0.251 e. The molecule has 0 spiro atoms. The van der Waals surface area contributed by atoms with Gasteiger partial charge in [-0.1, -0.05) is 12.1 Å². The molecule has 5 aromatic rings. The van der Waals surface area contributed by atoms with E-state index in [1.165, 1.54) is 0 Å². The van der Waals surface area contributed by atoms with Crippen LogP contribution >= 0.6 is 0 Å². The van der Waals surface area contributed by atoms with Crippen LogP contribution in [0.5, 0.6) is 11.5 Å². The van der Waals surface area contributed by atoms with Crippen LogP contribution in [0.15, 0.2) is 71.8 Å². The first-order valence-corrected chi connectivity index (χ1v) is 13.3. The third-order valence-corrected chi connectivity index (χ3v) is 7.63. The van der Waals surface area contributed by atoms with E-state index in [1.54, 1.807) is 32.0 Å². The topological polar surface area (TPSA) is 99.4 Å². The van der Waals surface area contributed by atoms with Crippen LogP contribution in [0.4, 0.5) is 17.1 Å². The standard InChI is InChI=1S/C32H30N6O3/c1-20-11-27-28(35-32(20)39)13-25(41-4)14-29(27)38-10-9-37(18-21-5-7-24(40-3)8-6-21)30-15-26(22(16-33)12-31(30)38)23-17-34-36(2)19-23/h5-8,11-15,17,19H,9-10,18H2,1-4H3,(H,35,39). The molecule has 0 aliphatic carbocycles. The number of aromatic nitrogens is 3. The Bertz CT molecular complexity index is 1870. The minimum Gasteiger partial charge on any atom is -0.497 e. The highest BCUT2D eigenvalue weighted by Gasteiger charge is 2.28. The molecule has 9 nitrogen and oxygen atoms in total. The number of methoxy groups -OCH3 is 2. The second-order valence-corrected chi connectivity index (χ2v) is 10.2. The molecule has 1 N–H and O–H groups in total. The average Bonchev–Trinajstić information content (AvgIpc) is 3.43. The van der Waals surface area contributed by atoms with Gasteiger partial charge in [-0.15, -0.1) is 0 Å². The zero-order valence-electron chi connectivity index (χ0n) is 23.4. The van der Waals surface area contributed by atoms with Gasteiger partial charge in [0.25, 0.3) is 5.56 Å². The highest BCUT2D eigenvalue weighted by Crippen LogP contribution is 2.45. The van der Waals surface area contributed by atoms with Crippen LogP contribution in [-0.4, -0.2) is 42.1 Å². The number of nitriles is 1. The van der Waals surface area contributed by atoms with Crippen molar-refractivity contribution < 1.29 is 9.47 Å². The molecule has 3 aromatic carbocycles. The zero-order valence-corrected chi connectivity index (χ0v) is 23.4. The average molecular weight is 547 g/mol. The van der Waals surface area contributed by atoms with E-state index in [4.69, 9.17) is 9.47 Å². The van der Waals surface area contributed by atoms with E-state index in [9.17, 15) is 10.1 Å². The summed E-state index contributed by atoms with van der Waals surface area (Å²) in [7, 11) is 5.15. The second-order valence-electron chi connectivity index (χ2n) is 10.2. The molecule has 1 aliphatic rings. The lowest BCUT2D eigenvalue weighted by molar-refractivity contribution is 0.414. The van der Waals surface area contributed by atoms with Crippen molar-refractivity contribution in [3.63, 3.8) is 0 Å². The van der Waals surface area contributed by atoms with E-state index in [0.717, 1.165) is 51.4 Å². The van der Waals surface area contributed by atoms with Crippen LogP contribution in [-0.2, 0) is 13.6 Å². The summed E-state index contributed by atoms with van der Waals surface area (Å²) in [6, 6.07) is 20.3. The summed E-state index contributed by atoms with van der Waals surface area (Å²) in [4.78, 5) is 20.0. The molecular formula is C32H30N6O3. The first-order valence-electron chi connectivity index (χ1n) is 13.3. The Labute approximate surface area is 237 Å². The number of H-pyrrole nitrogens is 1. The van der Waals surface area contributed by atoms with Gasteiger partial charge in [0, 0.05) is 67.1 Å². The van der Waals surface area contributed by atoms with Gasteiger partial charge in [-0.2, -0.15) is 10.4 Å². The lowest BCUT2D eigenvalue weighted by Crippen LogP contribution is -2.38. The quantitative estimate of drug-likeness (QED) is 0.309. The molecule has 0 amide bonds. The van der Waals surface area contributed by atoms with Gasteiger partial charge >= 0.3 is 0 Å². The smallest absolute Gasteiger partial charge is 0.251 e. The summed E-state index contributed by atoms with van der Waals surface area (Å²) in [5, 5.41) is 15.5. The monoisotopic (exact) mass is 546 g/mol. The predicted octanol–water partition coefficient (Wildman–Crippen LogP) is 5.28. The summed E-state index contributed by atoms with van der Waals surface area (Å²) in [5.74, 6) is 1.46. The summed E-state index contributed by atoms with van der Waals surface area (Å²) in [6.07, 6.45) is 3.71. The van der Waals surface area contributed by atoms with Crippen molar-refractivity contribution in [1.82, 2.24) is 14.8 Å². The van der Waals surface area contributed by atoms with Gasteiger partial charge in [0.15, 0.2) is 0 Å². The fourth-order valence-electron chi connectivity index (χ4n) is 5.48. The molecule has 0 bridgehead atoms. The third kappa shape index (κ3) is 4.74. The largest absolute Gasteiger partial charge is 0.497 e. The van der Waals surface area contributed by atoms with Crippen LogP contribution < -0.4 is 24.8 Å². The van der Waals surface area contributed by atoms with Crippen LogP contribution in [0.25, 0.3) is 22.0 Å². The summed E-state index contributed by atoms with van der Waals surface area (Å²) >= 11 is 0. The van der Waals surface area contributed by atoms with Gasteiger partial charge in [-0.25, -0.2) is 0 Å². The molecule has 0 radical (unpaired) electrons. The van der Waals surface area contributed by atoms with Gasteiger partial charge < -0.3 is 24.3 Å². The summed E-state index contributed by atoms with van der Waals surface area (Å²) < 4.78 is 12.7. The maximum atomic E-state index is 12.5. The number of fused-ring (bicyclic) bond motifs is 2. The molecule has 1 aliphatic heterocycles. The number of nitrogens with zero attached hydrogens (tertiary/aromatic N) is 5. The van der Waals surface area contributed by atoms with Crippen molar-refractivity contribution in [1.29, 1.82) is 5.26 Å². The number of aromatic amines is 1. The Morgan fingerprint density at radius 3 is 2.44 bits per heavy atom. The zero-order chi connectivity index (χ0) is 28.7. The lowest BCUT2D eigenvalue weighted by Gasteiger charge is -2.40. The molecule has 3 heterocycles. The molecule has 41 heavy (non-hydrogen) atoms. The van der Waals surface area contributed by atoms with Crippen LogP contribution in [0, 0.1) is 18.3 Å². The maximum absolute atomic E-state index is 12.5. The van der Waals surface area contributed by atoms with Crippen molar-refractivity contribution >= 4 is 28.0 Å². The number of pyridine rings is 1. The number of benzene rings is 3. The molecule has 6 rings (SSSR count). The minimum atomic E-state index is -0.130. The fourth-order valence-corrected chi connectivity index (χ4v) is 5.48. The highest BCUT2D eigenvalue weighted by molar-refractivity contribution is 5.98. The SMILES string of the molecule is COc1ccc(CN2CCN(c3cc(OC)cc4[nH]c(=O)c(C)cc34)c3cc(C#N)c(-c4cnn(C)c4)cc32)cc1. The molecule has 0 saturated heterocycles. The van der Waals surface area contributed by atoms with Gasteiger partial charge in [0.05, 0.1) is 54.6 Å². The molecule has 206 valence electrons. The summed E-state index contributed by atoms with van der Waals surface area (Å²) in [5.41, 5.74) is 7.44. The molecule has 0 saturated carbocycles. The van der Waals surface area contributed by atoms with Gasteiger partial charge in [0.1, 0.15) is 11.5 Å². The van der Waals surface area contributed by atoms with Crippen molar-refractivity contribution in [3.05, 3.63) is 94.0 Å². The molecule has 0 unspecified atom stereocenters. The number of rotatable bonds is 6. The van der Waals surface area contributed by atoms with E-state index in [-0.39, 0.29) is 5.56 Å². The molecular weight excluding hydrogens is 516 g/mol. The van der Waals surface area contributed by atoms with E-state index in [1.807, 2.05) is 49.6 Å². The van der Waals surface area contributed by atoms with E-state index >= 15 is 0 Å². The number of hydrogen-bond acceptors (Lipinski definition) is 7. The Morgan fingerprint density at radius 1 is 0.976 bits per heavy atom. The molecule has 2 aromatic heterocycles. The molecule has 0 fully saturated rings. The van der Waals surface area contributed by atoms with Gasteiger partial charge in [-0.3, -0.25) is 9.48 Å². The predicted molar refractivity (Wildman–Crippen MR) is 160 cm³/mol. The first kappa shape index (κ1) is 26.0. The Hall–Kier alpha value is -5.23. The van der Waals surface area contributed by atoms with E-state index < -0.39 is 0 Å². The first-order chi connectivity index (χ1) is 19.9. The normalized spacial score (nSPS) is 12.8. The second kappa shape index (κ2) is 10.4. The fraction of sp³-hybridized carbons (Fsp3) is 0.219. The Balaban J connectivity index is 1.54. The van der Waals surface area contributed by atoms with Gasteiger partial charge in [0.2, 0.25) is 0 Å². The van der Waals surface area contributed by atoms with Crippen LogP contribution in [0.3, 0.4) is 0 Å². The van der Waals surface area contributed by atoms with Crippen molar-refractivity contribution in [2.75, 3.05) is 37.1 Å². The lowest BCUT2D eigenvalue weighted by atomic mass is 9.97. The Morgan fingerprint density at radius 2 is 1.76 bits per heavy atom. The number of anilines is 3. The minimum absolute atomic E-state index is 0.130. The highest BCUT2D eigenvalue weighted by atomic mass is 16.5. The third-order valence-electron chi connectivity index (χ3n) is 7.63. The van der Waals surface area contributed by atoms with E-state index in [2.05, 4.69) is 44.2 Å². The number of hydrogen-bond donors (Lipinski definition) is 1. The van der Waals surface area contributed by atoms with Crippen molar-refractivity contribution in [3.8, 4) is 28.7 Å². The number of ether oxygens (including phenoxy) is 2. The van der Waals surface area contributed by atoms with Crippen molar-refractivity contribution in [2.45, 2.75) is 13.5 Å². The van der Waals surface area contributed by atoms with E-state index in [0.29, 0.717) is 35.5 Å². The molecule has 9 heteroatoms. The van der Waals surface area contributed by atoms with Crippen molar-refractivity contribution in [2.24, 2.45) is 7.05 Å². The van der Waals surface area contributed by atoms with Crippen LogP contribution in [0.2, 0.25) is 0 Å². The summed E-state index contributed by atoms with van der Waals surface area (Å²) in [6.45, 7) is 3.90. The number of nitrogens with one attached hydrogen (secondary N) is 1.